The number of anilines is 1. The molecule has 1 N–H and O–H groups in total. The second-order valence-electron chi connectivity index (χ2n) is 10.3. The fourth-order valence-electron chi connectivity index (χ4n) is 6.57. The molecule has 1 aromatic carbocycles. The van der Waals surface area contributed by atoms with E-state index in [9.17, 15) is 14.4 Å². The van der Waals surface area contributed by atoms with Crippen molar-refractivity contribution in [1.82, 2.24) is 9.88 Å². The maximum atomic E-state index is 13.1. The summed E-state index contributed by atoms with van der Waals surface area (Å²) in [5.74, 6) is 0.231. The number of hydrogen-bond donors (Lipinski definition) is 1. The molecule has 174 valence electrons. The van der Waals surface area contributed by atoms with Gasteiger partial charge in [-0.1, -0.05) is 24.3 Å². The maximum absolute atomic E-state index is 13.1. The van der Waals surface area contributed by atoms with Crippen LogP contribution in [0.15, 0.2) is 60.9 Å². The zero-order valence-corrected chi connectivity index (χ0v) is 19.1. The number of aromatic nitrogens is 1. The molecule has 2 heterocycles. The Balaban J connectivity index is 1.03. The predicted octanol–water partition coefficient (Wildman–Crippen LogP) is 3.98. The maximum Gasteiger partial charge on any atom is 0.233 e. The van der Waals surface area contributed by atoms with Crippen LogP contribution in [0.5, 0.6) is 0 Å². The van der Waals surface area contributed by atoms with Crippen molar-refractivity contribution in [2.45, 2.75) is 44.6 Å². The van der Waals surface area contributed by atoms with Crippen LogP contribution in [0.4, 0.5) is 5.69 Å². The number of allylic oxidation sites excluding steroid dienone is 2. The summed E-state index contributed by atoms with van der Waals surface area (Å²) in [6, 6.07) is 11.9. The highest BCUT2D eigenvalue weighted by Gasteiger charge is 2.60. The van der Waals surface area contributed by atoms with Crippen molar-refractivity contribution in [3.05, 3.63) is 72.1 Å². The number of fused-ring (bicyclic) bond motifs is 5. The number of amides is 3. The lowest BCUT2D eigenvalue weighted by Gasteiger charge is -2.33. The molecule has 1 saturated heterocycles. The van der Waals surface area contributed by atoms with Gasteiger partial charge in [-0.2, -0.15) is 0 Å². The quantitative estimate of drug-likeness (QED) is 0.546. The zero-order chi connectivity index (χ0) is 23.2. The molecule has 34 heavy (non-hydrogen) atoms. The molecule has 0 spiro atoms. The molecule has 3 fully saturated rings. The number of hydrogen-bond acceptors (Lipinski definition) is 4. The Morgan fingerprint density at radius 1 is 0.853 bits per heavy atom. The molecule has 3 aliphatic carbocycles. The summed E-state index contributed by atoms with van der Waals surface area (Å²) in [5, 5.41) is 3.05. The molecule has 1 aliphatic heterocycles. The van der Waals surface area contributed by atoms with Gasteiger partial charge in [-0.3, -0.25) is 24.3 Å². The number of imide groups is 1. The van der Waals surface area contributed by atoms with Crippen LogP contribution in [0.3, 0.4) is 0 Å². The van der Waals surface area contributed by atoms with Crippen LogP contribution in [-0.4, -0.2) is 33.6 Å². The largest absolute Gasteiger partial charge is 0.326 e. The van der Waals surface area contributed by atoms with Crippen molar-refractivity contribution >= 4 is 23.4 Å². The highest BCUT2D eigenvalue weighted by atomic mass is 16.2. The predicted molar refractivity (Wildman–Crippen MR) is 127 cm³/mol. The van der Waals surface area contributed by atoms with E-state index in [0.29, 0.717) is 25.7 Å². The molecule has 2 aromatic rings. The molecule has 2 saturated carbocycles. The van der Waals surface area contributed by atoms with Crippen LogP contribution in [0.1, 0.15) is 43.2 Å². The van der Waals surface area contributed by atoms with E-state index >= 15 is 0 Å². The first-order valence-electron chi connectivity index (χ1n) is 12.4. The Hall–Kier alpha value is -3.28. The summed E-state index contributed by atoms with van der Waals surface area (Å²) < 4.78 is 0. The van der Waals surface area contributed by atoms with Gasteiger partial charge < -0.3 is 5.32 Å². The van der Waals surface area contributed by atoms with E-state index in [4.69, 9.17) is 0 Å². The molecular formula is C28H29N3O3. The van der Waals surface area contributed by atoms with Gasteiger partial charge in [0.2, 0.25) is 17.7 Å². The van der Waals surface area contributed by atoms with Crippen LogP contribution in [0.2, 0.25) is 0 Å². The van der Waals surface area contributed by atoms with Crippen molar-refractivity contribution in [3.8, 4) is 0 Å². The Bertz CT molecular complexity index is 1110. The minimum atomic E-state index is -0.134. The van der Waals surface area contributed by atoms with Crippen molar-refractivity contribution < 1.29 is 14.4 Å². The summed E-state index contributed by atoms with van der Waals surface area (Å²) in [6.07, 6.45) is 12.5. The normalized spacial score (nSPS) is 31.7. The lowest BCUT2D eigenvalue weighted by atomic mass is 9.84. The van der Waals surface area contributed by atoms with Crippen molar-refractivity contribution in [2.75, 3.05) is 5.32 Å². The van der Waals surface area contributed by atoms with Gasteiger partial charge in [0, 0.05) is 30.0 Å². The molecule has 4 aliphatic rings. The second-order valence-corrected chi connectivity index (χ2v) is 10.3. The molecule has 3 amide bonds. The Morgan fingerprint density at radius 3 is 2.06 bits per heavy atom. The fraction of sp³-hybridized carbons (Fsp3) is 0.429. The van der Waals surface area contributed by atoms with Crippen LogP contribution >= 0.6 is 0 Å². The molecule has 1 aromatic heterocycles. The number of rotatable bonds is 5. The summed E-state index contributed by atoms with van der Waals surface area (Å²) in [4.78, 5) is 44.7. The number of benzene rings is 1. The monoisotopic (exact) mass is 455 g/mol. The molecule has 0 unspecified atom stereocenters. The Morgan fingerprint density at radius 2 is 1.44 bits per heavy atom. The van der Waals surface area contributed by atoms with Gasteiger partial charge in [0.05, 0.1) is 11.8 Å². The van der Waals surface area contributed by atoms with Crippen LogP contribution in [0, 0.1) is 29.6 Å². The number of carbonyl (C=O) groups excluding carboxylic acids is 3. The van der Waals surface area contributed by atoms with E-state index in [2.05, 4.69) is 22.5 Å². The highest BCUT2D eigenvalue weighted by Crippen LogP contribution is 2.53. The van der Waals surface area contributed by atoms with E-state index in [-0.39, 0.29) is 53.4 Å². The zero-order valence-electron chi connectivity index (χ0n) is 19.1. The van der Waals surface area contributed by atoms with E-state index < -0.39 is 0 Å². The summed E-state index contributed by atoms with van der Waals surface area (Å²) in [6.45, 7) is 0. The average Bonchev–Trinajstić information content (AvgIpc) is 3.55. The Labute approximate surface area is 199 Å². The van der Waals surface area contributed by atoms with Gasteiger partial charge in [-0.15, -0.1) is 0 Å². The van der Waals surface area contributed by atoms with Crippen molar-refractivity contribution in [2.24, 2.45) is 29.6 Å². The van der Waals surface area contributed by atoms with E-state index in [0.717, 1.165) is 18.5 Å². The van der Waals surface area contributed by atoms with Crippen molar-refractivity contribution in [1.29, 1.82) is 0 Å². The minimum absolute atomic E-state index is 0.0264. The lowest BCUT2D eigenvalue weighted by molar-refractivity contribution is -0.144. The summed E-state index contributed by atoms with van der Waals surface area (Å²) in [5.41, 5.74) is 3.18. The van der Waals surface area contributed by atoms with Gasteiger partial charge in [-0.05, 0) is 85.8 Å². The highest BCUT2D eigenvalue weighted by molar-refractivity contribution is 6.06. The van der Waals surface area contributed by atoms with Gasteiger partial charge in [-0.25, -0.2) is 0 Å². The molecule has 0 radical (unpaired) electrons. The topological polar surface area (TPSA) is 79.4 Å². The first-order chi connectivity index (χ1) is 16.6. The SMILES string of the molecule is O=C(Nc1ccc(Cc2ccncc2)cc1)C1CCC(N2C(=O)[C@@H]3[C@H](C2=O)[C@H]2C=C[C@@H]3C2)CC1. The number of carbonyl (C=O) groups is 3. The number of nitrogens with one attached hydrogen (secondary N) is 1. The number of nitrogens with zero attached hydrogens (tertiary/aromatic N) is 2. The third-order valence-corrected chi connectivity index (χ3v) is 8.32. The molecular weight excluding hydrogens is 426 g/mol. The van der Waals surface area contributed by atoms with Gasteiger partial charge >= 0.3 is 0 Å². The standard InChI is InChI=1S/C28H29N3O3/c32-26(30-22-7-1-17(2-8-22)15-18-11-13-29-14-12-18)19-5-9-23(10-6-19)31-27(33)24-20-3-4-21(16-20)25(24)28(31)34/h1-4,7-8,11-14,19-21,23-25H,5-6,9-10,15-16H2,(H,30,32)/t19?,20-,21+,23?,24+,25-. The summed E-state index contributed by atoms with van der Waals surface area (Å²) >= 11 is 0. The van der Waals surface area contributed by atoms with E-state index in [1.807, 2.05) is 36.4 Å². The number of likely N-dealkylation sites (tertiary alicyclic amines) is 1. The van der Waals surface area contributed by atoms with E-state index in [1.165, 1.54) is 11.1 Å². The lowest BCUT2D eigenvalue weighted by Crippen LogP contribution is -2.44. The fourth-order valence-corrected chi connectivity index (χ4v) is 6.57. The van der Waals surface area contributed by atoms with Crippen LogP contribution in [0.25, 0.3) is 0 Å². The van der Waals surface area contributed by atoms with Gasteiger partial charge in [0.15, 0.2) is 0 Å². The third-order valence-electron chi connectivity index (χ3n) is 8.32. The molecule has 2 bridgehead atoms. The second kappa shape index (κ2) is 8.49. The minimum Gasteiger partial charge on any atom is -0.326 e. The smallest absolute Gasteiger partial charge is 0.233 e. The molecule has 6 heteroatoms. The van der Waals surface area contributed by atoms with E-state index in [1.54, 1.807) is 17.3 Å². The molecule has 6 rings (SSSR count). The first-order valence-corrected chi connectivity index (χ1v) is 12.4. The van der Waals surface area contributed by atoms with Crippen LogP contribution in [-0.2, 0) is 20.8 Å². The number of pyridine rings is 1. The van der Waals surface area contributed by atoms with Gasteiger partial charge in [0.1, 0.15) is 0 Å². The van der Waals surface area contributed by atoms with Crippen LogP contribution < -0.4 is 5.32 Å². The first kappa shape index (κ1) is 21.3. The Kier molecular flexibility index (Phi) is 5.31. The average molecular weight is 456 g/mol. The summed E-state index contributed by atoms with van der Waals surface area (Å²) in [7, 11) is 0. The molecule has 4 atom stereocenters. The third kappa shape index (κ3) is 3.65. The van der Waals surface area contributed by atoms with Gasteiger partial charge in [0.25, 0.3) is 0 Å². The molecule has 6 nitrogen and oxygen atoms in total. The van der Waals surface area contributed by atoms with Crippen molar-refractivity contribution in [3.63, 3.8) is 0 Å².